The van der Waals surface area contributed by atoms with Gasteiger partial charge in [-0.25, -0.2) is 10.0 Å². The molecule has 104 valence electrons. The lowest BCUT2D eigenvalue weighted by molar-refractivity contribution is 0.471. The summed E-state index contributed by atoms with van der Waals surface area (Å²) in [5.74, 6) is 2.84. The molecule has 0 aromatic heterocycles. The van der Waals surface area contributed by atoms with Crippen LogP contribution < -0.4 is 0 Å². The van der Waals surface area contributed by atoms with E-state index in [4.69, 9.17) is 0 Å². The second kappa shape index (κ2) is 4.90. The maximum atomic E-state index is 4.31. The second-order valence-corrected chi connectivity index (χ2v) is 10.0. The van der Waals surface area contributed by atoms with Crippen LogP contribution in [-0.4, -0.2) is 35.8 Å². The summed E-state index contributed by atoms with van der Waals surface area (Å²) >= 11 is 0. The maximum absolute atomic E-state index is 4.31. The van der Waals surface area contributed by atoms with Crippen molar-refractivity contribution in [1.29, 1.82) is 0 Å². The maximum Gasteiger partial charge on any atom is 0.0367 e. The van der Waals surface area contributed by atoms with Gasteiger partial charge in [-0.3, -0.25) is 0 Å². The lowest BCUT2D eigenvalue weighted by Gasteiger charge is -2.32. The molecule has 1 heterocycles. The van der Waals surface area contributed by atoms with Crippen molar-refractivity contribution in [3.8, 4) is 0 Å². The average Bonchev–Trinajstić information content (AvgIpc) is 3.19. The summed E-state index contributed by atoms with van der Waals surface area (Å²) in [5.41, 5.74) is 2.53. The zero-order chi connectivity index (χ0) is 13.5. The molecule has 2 heteroatoms. The molecule has 0 bridgehead atoms. The lowest BCUT2D eigenvalue weighted by Crippen LogP contribution is -2.18. The van der Waals surface area contributed by atoms with Crippen LogP contribution in [0.1, 0.15) is 31.2 Å². The SMILES string of the molecule is C=C(c1cccc(S2(C)CCCC2)c1)N(C)C1CC1. The van der Waals surface area contributed by atoms with Crippen LogP contribution in [0.2, 0.25) is 0 Å². The minimum atomic E-state index is -0.528. The highest BCUT2D eigenvalue weighted by molar-refractivity contribution is 8.33. The molecule has 0 N–H and O–H groups in total. The van der Waals surface area contributed by atoms with Gasteiger partial charge in [0.1, 0.15) is 0 Å². The molecule has 1 aromatic rings. The molecule has 2 fully saturated rings. The van der Waals surface area contributed by atoms with E-state index in [9.17, 15) is 0 Å². The highest BCUT2D eigenvalue weighted by Crippen LogP contribution is 2.57. The molecule has 3 rings (SSSR count). The highest BCUT2D eigenvalue weighted by Gasteiger charge is 2.28. The van der Waals surface area contributed by atoms with E-state index in [1.54, 1.807) is 4.90 Å². The summed E-state index contributed by atoms with van der Waals surface area (Å²) in [6, 6.07) is 9.96. The molecule has 0 amide bonds. The summed E-state index contributed by atoms with van der Waals surface area (Å²) in [4.78, 5) is 3.96. The predicted octanol–water partition coefficient (Wildman–Crippen LogP) is 4.34. The van der Waals surface area contributed by atoms with E-state index in [0.717, 1.165) is 6.04 Å². The zero-order valence-electron chi connectivity index (χ0n) is 12.2. The Balaban J connectivity index is 1.85. The number of rotatable bonds is 4. The number of hydrogen-bond donors (Lipinski definition) is 0. The van der Waals surface area contributed by atoms with Gasteiger partial charge in [0.15, 0.2) is 0 Å². The van der Waals surface area contributed by atoms with Gasteiger partial charge in [-0.15, -0.1) is 0 Å². The van der Waals surface area contributed by atoms with E-state index >= 15 is 0 Å². The first-order valence-electron chi connectivity index (χ1n) is 7.36. The van der Waals surface area contributed by atoms with E-state index in [1.807, 2.05) is 0 Å². The molecule has 2 aliphatic rings. The molecule has 0 unspecified atom stereocenters. The molecule has 0 radical (unpaired) electrons. The predicted molar refractivity (Wildman–Crippen MR) is 87.0 cm³/mol. The van der Waals surface area contributed by atoms with Crippen LogP contribution >= 0.6 is 10.0 Å². The van der Waals surface area contributed by atoms with Gasteiger partial charge in [0, 0.05) is 18.8 Å². The molecule has 1 aromatic carbocycles. The molecule has 1 saturated heterocycles. The van der Waals surface area contributed by atoms with Crippen molar-refractivity contribution < 1.29 is 0 Å². The smallest absolute Gasteiger partial charge is 0.0367 e. The van der Waals surface area contributed by atoms with Crippen molar-refractivity contribution in [3.05, 3.63) is 36.4 Å². The van der Waals surface area contributed by atoms with Crippen LogP contribution in [0.4, 0.5) is 0 Å². The third kappa shape index (κ3) is 2.55. The molecular formula is C17H25NS. The Bertz CT molecular complexity index is 484. The van der Waals surface area contributed by atoms with Gasteiger partial charge >= 0.3 is 0 Å². The summed E-state index contributed by atoms with van der Waals surface area (Å²) in [5, 5.41) is 0. The van der Waals surface area contributed by atoms with Gasteiger partial charge in [-0.2, -0.15) is 0 Å². The van der Waals surface area contributed by atoms with Crippen molar-refractivity contribution in [3.63, 3.8) is 0 Å². The Labute approximate surface area is 119 Å². The monoisotopic (exact) mass is 275 g/mol. The van der Waals surface area contributed by atoms with Crippen LogP contribution in [-0.2, 0) is 0 Å². The first-order chi connectivity index (χ1) is 9.10. The van der Waals surface area contributed by atoms with Crippen LogP contribution in [0.25, 0.3) is 5.70 Å². The van der Waals surface area contributed by atoms with Crippen LogP contribution in [0.5, 0.6) is 0 Å². The molecule has 1 saturated carbocycles. The number of nitrogens with zero attached hydrogens (tertiary/aromatic N) is 1. The van der Waals surface area contributed by atoms with Crippen LogP contribution in [0.3, 0.4) is 0 Å². The van der Waals surface area contributed by atoms with Crippen molar-refractivity contribution in [2.75, 3.05) is 24.8 Å². The second-order valence-electron chi connectivity index (χ2n) is 6.21. The molecule has 0 spiro atoms. The van der Waals surface area contributed by atoms with E-state index in [1.165, 1.54) is 48.4 Å². The Hall–Kier alpha value is -0.890. The Morgan fingerprint density at radius 2 is 1.95 bits per heavy atom. The fraction of sp³-hybridized carbons (Fsp3) is 0.529. The largest absolute Gasteiger partial charge is 0.372 e. The summed E-state index contributed by atoms with van der Waals surface area (Å²) in [6.07, 6.45) is 8.00. The van der Waals surface area contributed by atoms with E-state index in [0.29, 0.717) is 0 Å². The highest BCUT2D eigenvalue weighted by atomic mass is 32.3. The normalized spacial score (nSPS) is 23.1. The molecule has 1 nitrogen and oxygen atoms in total. The first-order valence-corrected chi connectivity index (χ1v) is 9.74. The van der Waals surface area contributed by atoms with E-state index in [2.05, 4.69) is 49.0 Å². The Kier molecular flexibility index (Phi) is 3.38. The molecule has 1 aliphatic heterocycles. The minimum absolute atomic E-state index is 0.528. The summed E-state index contributed by atoms with van der Waals surface area (Å²) in [6.45, 7) is 4.31. The Morgan fingerprint density at radius 1 is 1.26 bits per heavy atom. The van der Waals surface area contributed by atoms with Gasteiger partial charge in [-0.1, -0.05) is 24.8 Å². The van der Waals surface area contributed by atoms with Crippen molar-refractivity contribution in [2.24, 2.45) is 0 Å². The lowest BCUT2D eigenvalue weighted by atomic mass is 10.1. The van der Waals surface area contributed by atoms with Crippen molar-refractivity contribution in [2.45, 2.75) is 36.6 Å². The average molecular weight is 275 g/mol. The fourth-order valence-corrected chi connectivity index (χ4v) is 6.22. The van der Waals surface area contributed by atoms with Crippen LogP contribution in [0.15, 0.2) is 35.7 Å². The van der Waals surface area contributed by atoms with Gasteiger partial charge < -0.3 is 4.90 Å². The van der Waals surface area contributed by atoms with Crippen molar-refractivity contribution >= 4 is 15.7 Å². The quantitative estimate of drug-likeness (QED) is 0.790. The zero-order valence-corrected chi connectivity index (χ0v) is 13.0. The van der Waals surface area contributed by atoms with Crippen LogP contribution in [0, 0.1) is 0 Å². The Morgan fingerprint density at radius 3 is 2.58 bits per heavy atom. The summed E-state index contributed by atoms with van der Waals surface area (Å²) < 4.78 is 0. The molecule has 19 heavy (non-hydrogen) atoms. The van der Waals surface area contributed by atoms with Gasteiger partial charge in [0.05, 0.1) is 0 Å². The van der Waals surface area contributed by atoms with Crippen molar-refractivity contribution in [1.82, 2.24) is 4.90 Å². The van der Waals surface area contributed by atoms with Gasteiger partial charge in [0.2, 0.25) is 0 Å². The topological polar surface area (TPSA) is 3.24 Å². The number of benzene rings is 1. The minimum Gasteiger partial charge on any atom is -0.372 e. The third-order valence-electron chi connectivity index (χ3n) is 4.70. The molecule has 1 aliphatic carbocycles. The van der Waals surface area contributed by atoms with Gasteiger partial charge in [-0.05, 0) is 60.0 Å². The molecule has 0 atom stereocenters. The number of hydrogen-bond acceptors (Lipinski definition) is 1. The standard InChI is InChI=1S/C17H25NS/c1-14(18(2)16-9-10-16)15-7-6-8-17(13-15)19(3)11-4-5-12-19/h6-8,13,16H,1,4-5,9-12H2,2-3H3. The van der Waals surface area contributed by atoms with Gasteiger partial charge in [0.25, 0.3) is 0 Å². The van der Waals surface area contributed by atoms with E-state index < -0.39 is 10.0 Å². The summed E-state index contributed by atoms with van der Waals surface area (Å²) in [7, 11) is 1.66. The fourth-order valence-electron chi connectivity index (χ4n) is 3.05. The third-order valence-corrected chi connectivity index (χ3v) is 8.47. The molecular weight excluding hydrogens is 250 g/mol. The van der Waals surface area contributed by atoms with E-state index in [-0.39, 0.29) is 0 Å². The first kappa shape index (κ1) is 13.1.